The number of hydrogen-bond donors (Lipinski definition) is 1. The molecule has 0 aliphatic rings. The third-order valence-electron chi connectivity index (χ3n) is 1.16. The van der Waals surface area contributed by atoms with Crippen LogP contribution in [0.25, 0.3) is 0 Å². The van der Waals surface area contributed by atoms with E-state index in [2.05, 4.69) is 10.3 Å². The maximum Gasteiger partial charge on any atom is 0.201 e. The summed E-state index contributed by atoms with van der Waals surface area (Å²) >= 11 is 0. The molecule has 1 rings (SSSR count). The highest BCUT2D eigenvalue weighted by Gasteiger charge is 1.93. The zero-order valence-electron chi connectivity index (χ0n) is 6.16. The minimum absolute atomic E-state index is 0.475. The fourth-order valence-electron chi connectivity index (χ4n) is 0.668. The van der Waals surface area contributed by atoms with Gasteiger partial charge in [0.1, 0.15) is 5.82 Å². The zero-order chi connectivity index (χ0) is 8.27. The summed E-state index contributed by atoms with van der Waals surface area (Å²) in [4.78, 5) is 14.2. The Morgan fingerprint density at radius 3 is 2.82 bits per heavy atom. The van der Waals surface area contributed by atoms with Crippen molar-refractivity contribution in [2.75, 3.05) is 5.32 Å². The number of pyridine rings is 1. The summed E-state index contributed by atoms with van der Waals surface area (Å²) in [6.45, 7) is 1.92. The molecule has 2 radical (unpaired) electrons. The minimum atomic E-state index is -0.596. The topological polar surface area (TPSA) is 42.0 Å². The van der Waals surface area contributed by atoms with Crippen molar-refractivity contribution in [3.8, 4) is 0 Å². The van der Waals surface area contributed by atoms with Crippen LogP contribution in [0.1, 0.15) is 5.56 Å². The number of hydrogen-bond acceptors (Lipinski definition) is 2. The Balaban J connectivity index is 2.74. The van der Waals surface area contributed by atoms with Gasteiger partial charge in [0, 0.05) is 6.20 Å². The van der Waals surface area contributed by atoms with Gasteiger partial charge in [0.05, 0.1) is 0 Å². The van der Waals surface area contributed by atoms with E-state index >= 15 is 0 Å². The fraction of sp³-hybridized carbons (Fsp3) is 0.143. The number of carbonyl (C=O) groups is 1. The second kappa shape index (κ2) is 3.19. The van der Waals surface area contributed by atoms with Gasteiger partial charge >= 0.3 is 0 Å². The van der Waals surface area contributed by atoms with Crippen LogP contribution in [-0.2, 0) is 0 Å². The van der Waals surface area contributed by atoms with Gasteiger partial charge < -0.3 is 5.32 Å². The number of anilines is 1. The lowest BCUT2D eigenvalue weighted by Gasteiger charge is -1.99. The normalized spacial score (nSPS) is 9.18. The molecule has 0 spiro atoms. The van der Waals surface area contributed by atoms with Crippen LogP contribution in [0.3, 0.4) is 0 Å². The molecule has 1 N–H and O–H groups in total. The number of aromatic nitrogens is 1. The molecular weight excluding hydrogens is 139 g/mol. The van der Waals surface area contributed by atoms with E-state index in [1.165, 1.54) is 0 Å². The van der Waals surface area contributed by atoms with Crippen molar-refractivity contribution in [2.45, 2.75) is 6.92 Å². The Labute approximate surface area is 66.2 Å². The van der Waals surface area contributed by atoms with Crippen molar-refractivity contribution in [2.24, 2.45) is 0 Å². The first-order valence-electron chi connectivity index (χ1n) is 3.17. The predicted molar refractivity (Wildman–Crippen MR) is 43.7 cm³/mol. The average molecular weight is 146 g/mol. The molecule has 0 bridgehead atoms. The Kier molecular flexibility index (Phi) is 2.26. The van der Waals surface area contributed by atoms with Gasteiger partial charge in [0.15, 0.2) is 5.81 Å². The van der Waals surface area contributed by atoms with Crippen LogP contribution in [-0.4, -0.2) is 18.6 Å². The molecule has 1 aromatic heterocycles. The first-order valence-corrected chi connectivity index (χ1v) is 3.17. The molecule has 0 fully saturated rings. The second-order valence-electron chi connectivity index (χ2n) is 2.21. The van der Waals surface area contributed by atoms with Crippen LogP contribution in [0, 0.1) is 6.92 Å². The number of nitrogens with one attached hydrogen (secondary N) is 1. The van der Waals surface area contributed by atoms with Gasteiger partial charge in [-0.2, -0.15) is 0 Å². The number of rotatable bonds is 1. The molecule has 0 atom stereocenters. The summed E-state index contributed by atoms with van der Waals surface area (Å²) in [6, 6.07) is 3.54. The van der Waals surface area contributed by atoms with E-state index in [1.807, 2.05) is 13.0 Å². The van der Waals surface area contributed by atoms with Crippen LogP contribution in [0.5, 0.6) is 0 Å². The van der Waals surface area contributed by atoms with Crippen LogP contribution >= 0.6 is 0 Å². The van der Waals surface area contributed by atoms with Crippen LogP contribution in [0.15, 0.2) is 18.3 Å². The third kappa shape index (κ3) is 2.41. The Morgan fingerprint density at radius 1 is 1.64 bits per heavy atom. The third-order valence-corrected chi connectivity index (χ3v) is 1.16. The zero-order valence-corrected chi connectivity index (χ0v) is 6.16. The molecular formula is C7H7BN2O. The van der Waals surface area contributed by atoms with E-state index in [4.69, 9.17) is 7.85 Å². The van der Waals surface area contributed by atoms with Crippen molar-refractivity contribution in [3.05, 3.63) is 23.9 Å². The summed E-state index contributed by atoms with van der Waals surface area (Å²) in [5.74, 6) is -0.121. The molecule has 0 aliphatic heterocycles. The van der Waals surface area contributed by atoms with Crippen LogP contribution in [0.2, 0.25) is 0 Å². The number of aryl methyl sites for hydroxylation is 1. The number of nitrogens with zero attached hydrogens (tertiary/aromatic N) is 1. The van der Waals surface area contributed by atoms with Gasteiger partial charge in [-0.3, -0.25) is 4.79 Å². The molecule has 54 valence electrons. The van der Waals surface area contributed by atoms with Crippen molar-refractivity contribution >= 4 is 19.5 Å². The van der Waals surface area contributed by atoms with Gasteiger partial charge in [-0.25, -0.2) is 4.98 Å². The maximum atomic E-state index is 10.3. The first kappa shape index (κ1) is 7.79. The molecule has 3 nitrogen and oxygen atoms in total. The minimum Gasteiger partial charge on any atom is -0.321 e. The smallest absolute Gasteiger partial charge is 0.201 e. The largest absolute Gasteiger partial charge is 0.321 e. The molecule has 11 heavy (non-hydrogen) atoms. The second-order valence-corrected chi connectivity index (χ2v) is 2.21. The summed E-state index contributed by atoms with van der Waals surface area (Å²) < 4.78 is 0. The van der Waals surface area contributed by atoms with E-state index < -0.39 is 5.81 Å². The van der Waals surface area contributed by atoms with Crippen LogP contribution < -0.4 is 5.32 Å². The van der Waals surface area contributed by atoms with Gasteiger partial charge in [-0.15, -0.1) is 0 Å². The molecule has 0 saturated carbocycles. The first-order chi connectivity index (χ1) is 5.18. The van der Waals surface area contributed by atoms with E-state index in [0.717, 1.165) is 5.56 Å². The SMILES string of the molecule is [B]C(=O)Nc1ccc(C)cn1. The lowest BCUT2D eigenvalue weighted by atomic mass is 10.1. The van der Waals surface area contributed by atoms with E-state index in [9.17, 15) is 4.79 Å². The van der Waals surface area contributed by atoms with Gasteiger partial charge in [-0.1, -0.05) is 6.07 Å². The van der Waals surface area contributed by atoms with Crippen molar-refractivity contribution < 1.29 is 4.79 Å². The van der Waals surface area contributed by atoms with Crippen molar-refractivity contribution in [1.82, 2.24) is 4.98 Å². The molecule has 0 aromatic carbocycles. The molecule has 0 unspecified atom stereocenters. The van der Waals surface area contributed by atoms with E-state index in [-0.39, 0.29) is 0 Å². The fourth-order valence-corrected chi connectivity index (χ4v) is 0.668. The number of amides is 1. The Bertz CT molecular complexity index is 258. The number of carbonyl (C=O) groups excluding carboxylic acids is 1. The highest BCUT2D eigenvalue weighted by atomic mass is 16.1. The molecule has 0 saturated heterocycles. The summed E-state index contributed by atoms with van der Waals surface area (Å²) in [5.41, 5.74) is 1.04. The Hall–Kier alpha value is -1.32. The van der Waals surface area contributed by atoms with Gasteiger partial charge in [0.25, 0.3) is 0 Å². The predicted octanol–water partition coefficient (Wildman–Crippen LogP) is 1.09. The average Bonchev–Trinajstić information content (AvgIpc) is 1.93. The van der Waals surface area contributed by atoms with Gasteiger partial charge in [0.2, 0.25) is 7.85 Å². The quantitative estimate of drug-likeness (QED) is 0.602. The van der Waals surface area contributed by atoms with Gasteiger partial charge in [-0.05, 0) is 18.6 Å². The molecule has 0 aliphatic carbocycles. The lowest BCUT2D eigenvalue weighted by molar-refractivity contribution is 0.268. The summed E-state index contributed by atoms with van der Waals surface area (Å²) in [6.07, 6.45) is 1.66. The molecule has 1 amide bonds. The monoisotopic (exact) mass is 146 g/mol. The highest BCUT2D eigenvalue weighted by molar-refractivity contribution is 6.60. The van der Waals surface area contributed by atoms with Crippen LogP contribution in [0.4, 0.5) is 10.6 Å². The van der Waals surface area contributed by atoms with Crippen molar-refractivity contribution in [1.29, 1.82) is 0 Å². The standard InChI is InChI=1S/C7H7BN2O/c1-5-2-3-6(9-4-5)10-7(8)11/h2-4H,1H3,(H,9,10,11). The lowest BCUT2D eigenvalue weighted by Crippen LogP contribution is -2.09. The van der Waals surface area contributed by atoms with E-state index in [1.54, 1.807) is 12.3 Å². The summed E-state index contributed by atoms with van der Waals surface area (Å²) in [5, 5.41) is 2.36. The maximum absolute atomic E-state index is 10.3. The molecule has 1 aromatic rings. The van der Waals surface area contributed by atoms with Crippen molar-refractivity contribution in [3.63, 3.8) is 0 Å². The summed E-state index contributed by atoms with van der Waals surface area (Å²) in [7, 11) is 4.87. The highest BCUT2D eigenvalue weighted by Crippen LogP contribution is 2.02. The van der Waals surface area contributed by atoms with E-state index in [0.29, 0.717) is 5.82 Å². The Morgan fingerprint density at radius 2 is 2.36 bits per heavy atom. The molecule has 1 heterocycles. The molecule has 4 heteroatoms.